The molecular weight excluding hydrogens is 337 g/mol. The number of benzene rings is 2. The highest BCUT2D eigenvalue weighted by atomic mass is 19.1. The van der Waals surface area contributed by atoms with Crippen molar-refractivity contribution in [2.24, 2.45) is 0 Å². The number of hydrogen-bond acceptors (Lipinski definition) is 4. The molecule has 0 saturated carbocycles. The van der Waals surface area contributed by atoms with E-state index in [4.69, 9.17) is 14.2 Å². The van der Waals surface area contributed by atoms with Crippen LogP contribution < -0.4 is 9.47 Å². The lowest BCUT2D eigenvalue weighted by Crippen LogP contribution is -2.04. The molecule has 7 heteroatoms. The predicted molar refractivity (Wildman–Crippen MR) is 83.6 cm³/mol. The quantitative estimate of drug-likeness (QED) is 0.791. The van der Waals surface area contributed by atoms with E-state index < -0.39 is 29.0 Å². The van der Waals surface area contributed by atoms with Crippen LogP contribution in [0.15, 0.2) is 30.3 Å². The van der Waals surface area contributed by atoms with E-state index in [1.165, 1.54) is 14.2 Å². The molecule has 0 radical (unpaired) electrons. The first-order chi connectivity index (χ1) is 11.9. The third-order valence-electron chi connectivity index (χ3n) is 3.81. The molecule has 0 spiro atoms. The maximum absolute atomic E-state index is 14.1. The Hall–Kier alpha value is -2.96. The molecule has 130 valence electrons. The summed E-state index contributed by atoms with van der Waals surface area (Å²) in [5.74, 6) is -3.46. The summed E-state index contributed by atoms with van der Waals surface area (Å²) in [5.41, 5.74) is -0.210. The molecule has 0 fully saturated rings. The molecule has 0 aromatic heterocycles. The first-order valence-electron chi connectivity index (χ1n) is 7.23. The number of hydrogen-bond donors (Lipinski definition) is 0. The predicted octanol–water partition coefficient (Wildman–Crippen LogP) is 3.59. The van der Waals surface area contributed by atoms with Gasteiger partial charge in [-0.05, 0) is 17.7 Å². The van der Waals surface area contributed by atoms with Crippen molar-refractivity contribution in [2.75, 3.05) is 20.8 Å². The molecule has 2 aromatic carbocycles. The summed E-state index contributed by atoms with van der Waals surface area (Å²) in [6, 6.07) is 5.81. The van der Waals surface area contributed by atoms with E-state index in [0.29, 0.717) is 29.2 Å². The van der Waals surface area contributed by atoms with E-state index in [1.807, 2.05) is 0 Å². The number of halogens is 3. The van der Waals surface area contributed by atoms with E-state index in [2.05, 4.69) is 0 Å². The number of rotatable bonds is 4. The number of cyclic esters (lactones) is 1. The van der Waals surface area contributed by atoms with Crippen molar-refractivity contribution >= 4 is 17.1 Å². The lowest BCUT2D eigenvalue weighted by atomic mass is 9.95. The molecule has 0 unspecified atom stereocenters. The molecule has 1 heterocycles. The van der Waals surface area contributed by atoms with E-state index in [0.717, 1.165) is 0 Å². The maximum atomic E-state index is 14.1. The van der Waals surface area contributed by atoms with Crippen molar-refractivity contribution in [1.82, 2.24) is 0 Å². The topological polar surface area (TPSA) is 44.8 Å². The van der Waals surface area contributed by atoms with Crippen LogP contribution in [0.25, 0.3) is 11.1 Å². The Morgan fingerprint density at radius 1 is 0.920 bits per heavy atom. The Bertz CT molecular complexity index is 845. The Morgan fingerprint density at radius 3 is 2.00 bits per heavy atom. The van der Waals surface area contributed by atoms with E-state index >= 15 is 0 Å². The molecule has 1 aliphatic rings. The van der Waals surface area contributed by atoms with E-state index in [-0.39, 0.29) is 17.8 Å². The molecule has 0 saturated heterocycles. The van der Waals surface area contributed by atoms with Gasteiger partial charge < -0.3 is 14.2 Å². The van der Waals surface area contributed by atoms with Crippen LogP contribution in [0.2, 0.25) is 0 Å². The minimum absolute atomic E-state index is 0.180. The lowest BCUT2D eigenvalue weighted by Gasteiger charge is -2.10. The smallest absolute Gasteiger partial charge is 0.339 e. The summed E-state index contributed by atoms with van der Waals surface area (Å²) in [6.07, 6.45) is 0. The van der Waals surface area contributed by atoms with Crippen molar-refractivity contribution < 1.29 is 32.2 Å². The van der Waals surface area contributed by atoms with Crippen LogP contribution in [0.1, 0.15) is 11.1 Å². The highest BCUT2D eigenvalue weighted by Crippen LogP contribution is 2.38. The van der Waals surface area contributed by atoms with Crippen molar-refractivity contribution in [1.29, 1.82) is 0 Å². The van der Waals surface area contributed by atoms with Gasteiger partial charge in [0.2, 0.25) is 0 Å². The molecule has 0 atom stereocenters. The van der Waals surface area contributed by atoms with Crippen LogP contribution in [-0.2, 0) is 9.53 Å². The fraction of sp³-hybridized carbons (Fsp3) is 0.167. The summed E-state index contributed by atoms with van der Waals surface area (Å²) < 4.78 is 56.7. The van der Waals surface area contributed by atoms with Crippen molar-refractivity contribution in [2.45, 2.75) is 0 Å². The molecule has 2 aromatic rings. The van der Waals surface area contributed by atoms with Crippen molar-refractivity contribution in [3.05, 3.63) is 58.9 Å². The van der Waals surface area contributed by atoms with Crippen molar-refractivity contribution in [3.8, 4) is 11.5 Å². The molecule has 0 N–H and O–H groups in total. The van der Waals surface area contributed by atoms with Crippen LogP contribution in [-0.4, -0.2) is 26.8 Å². The van der Waals surface area contributed by atoms with Gasteiger partial charge in [-0.15, -0.1) is 0 Å². The lowest BCUT2D eigenvalue weighted by molar-refractivity contribution is -0.133. The Kier molecular flexibility index (Phi) is 4.39. The summed E-state index contributed by atoms with van der Waals surface area (Å²) >= 11 is 0. The average Bonchev–Trinajstić information content (AvgIpc) is 2.95. The summed E-state index contributed by atoms with van der Waals surface area (Å²) in [4.78, 5) is 12.1. The summed E-state index contributed by atoms with van der Waals surface area (Å²) in [6.45, 7) is -0.180. The second kappa shape index (κ2) is 6.51. The van der Waals surface area contributed by atoms with Crippen LogP contribution >= 0.6 is 0 Å². The van der Waals surface area contributed by atoms with Crippen LogP contribution in [0, 0.1) is 17.5 Å². The second-order valence-electron chi connectivity index (χ2n) is 5.28. The first-order valence-corrected chi connectivity index (χ1v) is 7.23. The summed E-state index contributed by atoms with van der Waals surface area (Å²) in [5, 5.41) is 0. The standard InChI is InChI=1S/C18H13F3O4/c1-23-11-3-9(4-12(7-11)24-2)13-8-25-18(22)16(13)17-14(20)5-10(19)6-15(17)21/h3-7H,8H2,1-2H3. The third-order valence-corrected chi connectivity index (χ3v) is 3.81. The molecule has 1 aliphatic heterocycles. The fourth-order valence-corrected chi connectivity index (χ4v) is 2.65. The van der Waals surface area contributed by atoms with Crippen molar-refractivity contribution in [3.63, 3.8) is 0 Å². The molecule has 0 aliphatic carbocycles. The largest absolute Gasteiger partial charge is 0.497 e. The zero-order valence-electron chi connectivity index (χ0n) is 13.4. The molecule has 0 amide bonds. The minimum Gasteiger partial charge on any atom is -0.497 e. The van der Waals surface area contributed by atoms with Gasteiger partial charge >= 0.3 is 5.97 Å². The van der Waals surface area contributed by atoms with Gasteiger partial charge in [0.15, 0.2) is 0 Å². The average molecular weight is 350 g/mol. The molecule has 0 bridgehead atoms. The van der Waals surface area contributed by atoms with Crippen LogP contribution in [0.5, 0.6) is 11.5 Å². The Balaban J connectivity index is 2.25. The first kappa shape index (κ1) is 16.9. The van der Waals surface area contributed by atoms with E-state index in [1.54, 1.807) is 18.2 Å². The number of esters is 1. The maximum Gasteiger partial charge on any atom is 0.339 e. The number of carbonyl (C=O) groups is 1. The van der Waals surface area contributed by atoms with Gasteiger partial charge in [0.25, 0.3) is 0 Å². The Morgan fingerprint density at radius 2 is 1.48 bits per heavy atom. The van der Waals surface area contributed by atoms with Gasteiger partial charge in [-0.2, -0.15) is 0 Å². The number of methoxy groups -OCH3 is 2. The molecule has 3 rings (SSSR count). The zero-order chi connectivity index (χ0) is 18.1. The monoisotopic (exact) mass is 350 g/mol. The third kappa shape index (κ3) is 3.05. The van der Waals surface area contributed by atoms with Gasteiger partial charge in [0.1, 0.15) is 35.6 Å². The van der Waals surface area contributed by atoms with Crippen LogP contribution in [0.4, 0.5) is 13.2 Å². The normalized spacial score (nSPS) is 13.9. The number of carbonyl (C=O) groups excluding carboxylic acids is 1. The summed E-state index contributed by atoms with van der Waals surface area (Å²) in [7, 11) is 2.90. The molecular formula is C18H13F3O4. The van der Waals surface area contributed by atoms with E-state index in [9.17, 15) is 18.0 Å². The Labute approximate surface area is 141 Å². The highest BCUT2D eigenvalue weighted by molar-refractivity contribution is 6.27. The second-order valence-corrected chi connectivity index (χ2v) is 5.28. The van der Waals surface area contributed by atoms with Gasteiger partial charge in [-0.1, -0.05) is 0 Å². The zero-order valence-corrected chi connectivity index (χ0v) is 13.4. The van der Waals surface area contributed by atoms with Gasteiger partial charge in [-0.25, -0.2) is 18.0 Å². The van der Waals surface area contributed by atoms with Gasteiger partial charge in [0, 0.05) is 23.8 Å². The minimum atomic E-state index is -1.18. The van der Waals surface area contributed by atoms with Gasteiger partial charge in [0.05, 0.1) is 25.4 Å². The molecule has 4 nitrogen and oxygen atoms in total. The fourth-order valence-electron chi connectivity index (χ4n) is 2.65. The molecule has 25 heavy (non-hydrogen) atoms. The van der Waals surface area contributed by atoms with Gasteiger partial charge in [-0.3, -0.25) is 0 Å². The highest BCUT2D eigenvalue weighted by Gasteiger charge is 2.32. The SMILES string of the molecule is COc1cc(OC)cc(C2=C(c3c(F)cc(F)cc3F)C(=O)OC2)c1. The number of ether oxygens (including phenoxy) is 3. The van der Waals surface area contributed by atoms with Crippen LogP contribution in [0.3, 0.4) is 0 Å².